The van der Waals surface area contributed by atoms with Crippen molar-refractivity contribution in [3.63, 3.8) is 0 Å². The van der Waals surface area contributed by atoms with Crippen LogP contribution in [0.3, 0.4) is 0 Å². The minimum Gasteiger partial charge on any atom is -0.459 e. The quantitative estimate of drug-likeness (QED) is 0.735. The third-order valence-electron chi connectivity index (χ3n) is 3.23. The van der Waals surface area contributed by atoms with Crippen LogP contribution in [-0.2, 0) is 4.74 Å². The van der Waals surface area contributed by atoms with Gasteiger partial charge in [0.1, 0.15) is 0 Å². The fourth-order valence-corrected chi connectivity index (χ4v) is 2.15. The number of hydrogen-bond acceptors (Lipinski definition) is 2. The molecule has 1 atom stereocenters. The maximum atomic E-state index is 12.0. The summed E-state index contributed by atoms with van der Waals surface area (Å²) in [6.07, 6.45) is 1.89. The molecule has 20 heavy (non-hydrogen) atoms. The molecule has 1 unspecified atom stereocenters. The van der Waals surface area contributed by atoms with E-state index in [0.29, 0.717) is 5.56 Å². The Hall–Kier alpha value is -2.09. The summed E-state index contributed by atoms with van der Waals surface area (Å²) in [6.45, 7) is 4.01. The lowest BCUT2D eigenvalue weighted by molar-refractivity contribution is 0.0323. The van der Waals surface area contributed by atoms with Crippen LogP contribution in [0.2, 0.25) is 0 Å². The number of benzene rings is 2. The molecule has 0 N–H and O–H groups in total. The predicted molar refractivity (Wildman–Crippen MR) is 81.7 cm³/mol. The maximum absolute atomic E-state index is 12.0. The molecule has 0 bridgehead atoms. The number of esters is 1. The second-order valence-electron chi connectivity index (χ2n) is 4.95. The molecule has 0 aliphatic heterocycles. The van der Waals surface area contributed by atoms with E-state index in [9.17, 15) is 4.79 Å². The second-order valence-corrected chi connectivity index (χ2v) is 4.95. The lowest BCUT2D eigenvalue weighted by Crippen LogP contribution is -2.14. The van der Waals surface area contributed by atoms with Crippen LogP contribution in [0.15, 0.2) is 54.6 Å². The van der Waals surface area contributed by atoms with Gasteiger partial charge in [0.15, 0.2) is 0 Å². The van der Waals surface area contributed by atoms with Gasteiger partial charge < -0.3 is 4.74 Å². The van der Waals surface area contributed by atoms with Crippen LogP contribution in [0.4, 0.5) is 0 Å². The van der Waals surface area contributed by atoms with Crippen LogP contribution in [0.25, 0.3) is 11.1 Å². The van der Waals surface area contributed by atoms with E-state index in [-0.39, 0.29) is 12.1 Å². The molecule has 2 nitrogen and oxygen atoms in total. The average molecular weight is 268 g/mol. The van der Waals surface area contributed by atoms with Gasteiger partial charge in [-0.15, -0.1) is 0 Å². The van der Waals surface area contributed by atoms with Crippen LogP contribution in [-0.4, -0.2) is 12.1 Å². The molecule has 2 rings (SSSR count). The zero-order valence-electron chi connectivity index (χ0n) is 12.0. The Labute approximate surface area is 120 Å². The highest BCUT2D eigenvalue weighted by molar-refractivity contribution is 5.90. The van der Waals surface area contributed by atoms with E-state index in [1.54, 1.807) is 0 Å². The van der Waals surface area contributed by atoms with Crippen molar-refractivity contribution < 1.29 is 9.53 Å². The molecule has 2 aromatic carbocycles. The van der Waals surface area contributed by atoms with E-state index < -0.39 is 0 Å². The molecule has 2 heteroatoms. The zero-order valence-corrected chi connectivity index (χ0v) is 12.0. The fourth-order valence-electron chi connectivity index (χ4n) is 2.15. The second kappa shape index (κ2) is 6.90. The van der Waals surface area contributed by atoms with Gasteiger partial charge in [0.05, 0.1) is 11.7 Å². The molecular formula is C18H20O2. The number of carbonyl (C=O) groups excluding carboxylic acids is 1. The number of carbonyl (C=O) groups is 1. The Morgan fingerprint density at radius 2 is 1.60 bits per heavy atom. The third kappa shape index (κ3) is 3.70. The van der Waals surface area contributed by atoms with Crippen molar-refractivity contribution >= 4 is 5.97 Å². The molecule has 0 amide bonds. The molecule has 0 saturated carbocycles. The summed E-state index contributed by atoms with van der Waals surface area (Å²) in [4.78, 5) is 12.0. The van der Waals surface area contributed by atoms with Gasteiger partial charge in [-0.05, 0) is 36.6 Å². The van der Waals surface area contributed by atoms with Crippen LogP contribution in [0.5, 0.6) is 0 Å². The molecule has 2 aromatic rings. The standard InChI is InChI=1S/C18H20O2/c1-3-7-14(2)20-18(19)17-12-10-16(11-13-17)15-8-5-4-6-9-15/h4-6,8-14H,3,7H2,1-2H3. The number of rotatable bonds is 5. The zero-order chi connectivity index (χ0) is 14.4. The van der Waals surface area contributed by atoms with Crippen molar-refractivity contribution in [1.82, 2.24) is 0 Å². The molecule has 0 radical (unpaired) electrons. The maximum Gasteiger partial charge on any atom is 0.338 e. The molecule has 0 fully saturated rings. The number of ether oxygens (including phenoxy) is 1. The average Bonchev–Trinajstić information content (AvgIpc) is 2.48. The third-order valence-corrected chi connectivity index (χ3v) is 3.23. The van der Waals surface area contributed by atoms with E-state index in [2.05, 4.69) is 19.1 Å². The first-order valence-corrected chi connectivity index (χ1v) is 7.07. The molecule has 0 saturated heterocycles. The first kappa shape index (κ1) is 14.3. The van der Waals surface area contributed by atoms with E-state index in [4.69, 9.17) is 4.74 Å². The highest BCUT2D eigenvalue weighted by Crippen LogP contribution is 2.19. The van der Waals surface area contributed by atoms with Crippen molar-refractivity contribution in [1.29, 1.82) is 0 Å². The monoisotopic (exact) mass is 268 g/mol. The summed E-state index contributed by atoms with van der Waals surface area (Å²) in [5, 5.41) is 0. The van der Waals surface area contributed by atoms with Crippen molar-refractivity contribution in [2.75, 3.05) is 0 Å². The van der Waals surface area contributed by atoms with Gasteiger partial charge in [0, 0.05) is 0 Å². The van der Waals surface area contributed by atoms with Gasteiger partial charge in [-0.3, -0.25) is 0 Å². The van der Waals surface area contributed by atoms with Crippen LogP contribution >= 0.6 is 0 Å². The molecule has 0 aliphatic rings. The van der Waals surface area contributed by atoms with Crippen LogP contribution in [0, 0.1) is 0 Å². The fraction of sp³-hybridized carbons (Fsp3) is 0.278. The SMILES string of the molecule is CCCC(C)OC(=O)c1ccc(-c2ccccc2)cc1. The number of hydrogen-bond donors (Lipinski definition) is 0. The van der Waals surface area contributed by atoms with Gasteiger partial charge >= 0.3 is 5.97 Å². The van der Waals surface area contributed by atoms with Gasteiger partial charge in [0.2, 0.25) is 0 Å². The first-order valence-electron chi connectivity index (χ1n) is 7.07. The Kier molecular flexibility index (Phi) is 4.94. The lowest BCUT2D eigenvalue weighted by Gasteiger charge is -2.12. The molecule has 0 aromatic heterocycles. The highest BCUT2D eigenvalue weighted by Gasteiger charge is 2.11. The summed E-state index contributed by atoms with van der Waals surface area (Å²) in [5.74, 6) is -0.245. The summed E-state index contributed by atoms with van der Waals surface area (Å²) in [6, 6.07) is 17.7. The molecule has 104 valence electrons. The topological polar surface area (TPSA) is 26.3 Å². The highest BCUT2D eigenvalue weighted by atomic mass is 16.5. The Morgan fingerprint density at radius 1 is 1.00 bits per heavy atom. The van der Waals surface area contributed by atoms with Gasteiger partial charge in [-0.2, -0.15) is 0 Å². The largest absolute Gasteiger partial charge is 0.459 e. The summed E-state index contributed by atoms with van der Waals surface area (Å²) < 4.78 is 5.38. The molecule has 0 aliphatic carbocycles. The molecule has 0 heterocycles. The first-order chi connectivity index (χ1) is 9.70. The minimum atomic E-state index is -0.245. The molecule has 0 spiro atoms. The van der Waals surface area contributed by atoms with Crippen molar-refractivity contribution in [2.24, 2.45) is 0 Å². The van der Waals surface area contributed by atoms with Crippen molar-refractivity contribution in [3.8, 4) is 11.1 Å². The van der Waals surface area contributed by atoms with E-state index in [0.717, 1.165) is 24.0 Å². The Bertz CT molecular complexity index is 543. The van der Waals surface area contributed by atoms with Crippen molar-refractivity contribution in [3.05, 3.63) is 60.2 Å². The summed E-state index contributed by atoms with van der Waals surface area (Å²) in [5.41, 5.74) is 2.85. The van der Waals surface area contributed by atoms with E-state index in [1.807, 2.05) is 49.4 Å². The van der Waals surface area contributed by atoms with E-state index >= 15 is 0 Å². The Balaban J connectivity index is 2.07. The van der Waals surface area contributed by atoms with E-state index in [1.165, 1.54) is 0 Å². The van der Waals surface area contributed by atoms with Gasteiger partial charge in [-0.1, -0.05) is 55.8 Å². The molecular weight excluding hydrogens is 248 g/mol. The minimum absolute atomic E-state index is 0.0266. The smallest absolute Gasteiger partial charge is 0.338 e. The van der Waals surface area contributed by atoms with Crippen molar-refractivity contribution in [2.45, 2.75) is 32.8 Å². The van der Waals surface area contributed by atoms with Gasteiger partial charge in [-0.25, -0.2) is 4.79 Å². The van der Waals surface area contributed by atoms with Gasteiger partial charge in [0.25, 0.3) is 0 Å². The summed E-state index contributed by atoms with van der Waals surface area (Å²) >= 11 is 0. The normalized spacial score (nSPS) is 11.9. The van der Waals surface area contributed by atoms with Crippen LogP contribution < -0.4 is 0 Å². The lowest BCUT2D eigenvalue weighted by atomic mass is 10.0. The Morgan fingerprint density at radius 3 is 2.20 bits per heavy atom. The van der Waals surface area contributed by atoms with Crippen LogP contribution in [0.1, 0.15) is 37.0 Å². The summed E-state index contributed by atoms with van der Waals surface area (Å²) in [7, 11) is 0. The predicted octanol–water partition coefficient (Wildman–Crippen LogP) is 4.70.